The fourth-order valence-corrected chi connectivity index (χ4v) is 3.37. The van der Waals surface area contributed by atoms with Crippen molar-refractivity contribution in [3.63, 3.8) is 0 Å². The molecule has 0 bridgehead atoms. The van der Waals surface area contributed by atoms with Gasteiger partial charge in [0.2, 0.25) is 11.9 Å². The minimum absolute atomic E-state index is 0.116. The van der Waals surface area contributed by atoms with Crippen molar-refractivity contribution in [2.24, 2.45) is 0 Å². The van der Waals surface area contributed by atoms with Crippen molar-refractivity contribution in [1.29, 1.82) is 0 Å². The molecule has 1 atom stereocenters. The summed E-state index contributed by atoms with van der Waals surface area (Å²) in [5, 5.41) is 19.5. The van der Waals surface area contributed by atoms with Crippen LogP contribution >= 0.6 is 11.6 Å². The third kappa shape index (κ3) is 5.12. The number of nitrogens with one attached hydrogen (secondary N) is 2. The highest BCUT2D eigenvalue weighted by atomic mass is 35.5. The zero-order chi connectivity index (χ0) is 22.6. The maximum Gasteiger partial charge on any atom is 0.247 e. The number of anilines is 1. The van der Waals surface area contributed by atoms with Gasteiger partial charge in [-0.2, -0.15) is 5.10 Å². The first-order valence-electron chi connectivity index (χ1n) is 9.97. The summed E-state index contributed by atoms with van der Waals surface area (Å²) in [7, 11) is 1.58. The lowest BCUT2D eigenvalue weighted by molar-refractivity contribution is -0.118. The summed E-state index contributed by atoms with van der Waals surface area (Å²) in [6, 6.07) is 0.220. The summed E-state index contributed by atoms with van der Waals surface area (Å²) in [5.74, 6) is 0.118. The molecule has 10 heteroatoms. The zero-order valence-corrected chi connectivity index (χ0v) is 18.8. The number of methoxy groups -OCH3 is 1. The Morgan fingerprint density at radius 2 is 2.16 bits per heavy atom. The van der Waals surface area contributed by atoms with Gasteiger partial charge in [-0.1, -0.05) is 17.7 Å². The van der Waals surface area contributed by atoms with Gasteiger partial charge in [0.25, 0.3) is 0 Å². The van der Waals surface area contributed by atoms with Gasteiger partial charge < -0.3 is 20.5 Å². The van der Waals surface area contributed by atoms with Crippen molar-refractivity contribution in [2.45, 2.75) is 38.8 Å². The van der Waals surface area contributed by atoms with Gasteiger partial charge in [-0.15, -0.1) is 0 Å². The van der Waals surface area contributed by atoms with Crippen LogP contribution in [0.5, 0.6) is 0 Å². The van der Waals surface area contributed by atoms with E-state index in [4.69, 9.17) is 21.4 Å². The molecule has 0 aromatic carbocycles. The van der Waals surface area contributed by atoms with Gasteiger partial charge in [0.1, 0.15) is 5.60 Å². The van der Waals surface area contributed by atoms with E-state index in [1.54, 1.807) is 25.5 Å². The van der Waals surface area contributed by atoms with Gasteiger partial charge in [-0.25, -0.2) is 9.97 Å². The predicted octanol–water partition coefficient (Wildman–Crippen LogP) is 2.71. The molecule has 0 saturated heterocycles. The molecule has 3 rings (SSSR count). The number of hydrogen-bond donors (Lipinski definition) is 3. The second kappa shape index (κ2) is 9.59. The number of carbonyl (C=O) groups excluding carboxylic acids is 1. The van der Waals surface area contributed by atoms with Gasteiger partial charge in [0.05, 0.1) is 35.4 Å². The maximum absolute atomic E-state index is 12.3. The molecule has 0 spiro atoms. The van der Waals surface area contributed by atoms with E-state index in [9.17, 15) is 4.79 Å². The molecular weight excluding hydrogens is 420 g/mol. The van der Waals surface area contributed by atoms with Crippen molar-refractivity contribution < 1.29 is 14.6 Å². The number of aliphatic hydroxyl groups excluding tert-OH is 1. The predicted molar refractivity (Wildman–Crippen MR) is 119 cm³/mol. The smallest absolute Gasteiger partial charge is 0.247 e. The van der Waals surface area contributed by atoms with E-state index in [1.807, 2.05) is 31.6 Å². The number of rotatable bonds is 8. The first-order chi connectivity index (χ1) is 14.8. The van der Waals surface area contributed by atoms with Crippen LogP contribution in [-0.2, 0) is 9.53 Å². The van der Waals surface area contributed by atoms with E-state index >= 15 is 0 Å². The number of carbonyl (C=O) groups is 1. The Balaban J connectivity index is 1.87. The lowest BCUT2D eigenvalue weighted by Gasteiger charge is -2.34. The number of allylic oxidation sites excluding steroid dienone is 2. The number of amides is 1. The number of aliphatic hydroxyl groups is 1. The molecule has 31 heavy (non-hydrogen) atoms. The van der Waals surface area contributed by atoms with Crippen molar-refractivity contribution in [2.75, 3.05) is 25.6 Å². The summed E-state index contributed by atoms with van der Waals surface area (Å²) < 4.78 is 7.55. The molecule has 0 saturated carbocycles. The van der Waals surface area contributed by atoms with Crippen molar-refractivity contribution in [3.05, 3.63) is 47.0 Å². The molecule has 1 aliphatic rings. The van der Waals surface area contributed by atoms with E-state index in [1.165, 1.54) is 6.20 Å². The monoisotopic (exact) mass is 446 g/mol. The standard InChI is InChI=1S/C21H27ClN6O3/c1-13(2)28-12-15(10-25-28)18-16(22)11-24-20(27-18)26-17-6-5-14(9-21(17,3)31-4)19(30)23-7-8-29/h5-6,10-13,29H,7-9H2,1-4H3,(H,23,30)(H,24,26,27). The van der Waals surface area contributed by atoms with Crippen LogP contribution in [0.2, 0.25) is 5.02 Å². The van der Waals surface area contributed by atoms with Gasteiger partial charge in [0.15, 0.2) is 0 Å². The van der Waals surface area contributed by atoms with Gasteiger partial charge in [0, 0.05) is 43.5 Å². The van der Waals surface area contributed by atoms with Crippen LogP contribution in [0.4, 0.5) is 5.95 Å². The minimum Gasteiger partial charge on any atom is -0.395 e. The second-order valence-corrected chi connectivity index (χ2v) is 8.09. The highest BCUT2D eigenvalue weighted by Gasteiger charge is 2.35. The molecule has 2 aromatic heterocycles. The van der Waals surface area contributed by atoms with E-state index in [0.29, 0.717) is 34.4 Å². The number of hydrogen-bond acceptors (Lipinski definition) is 7. The van der Waals surface area contributed by atoms with Crippen LogP contribution in [0.1, 0.15) is 33.2 Å². The van der Waals surface area contributed by atoms with Gasteiger partial charge in [-0.3, -0.25) is 9.48 Å². The lowest BCUT2D eigenvalue weighted by Crippen LogP contribution is -2.39. The number of halogens is 1. The molecule has 1 aliphatic carbocycles. The minimum atomic E-state index is -0.785. The lowest BCUT2D eigenvalue weighted by atomic mass is 9.87. The molecule has 2 aromatic rings. The zero-order valence-electron chi connectivity index (χ0n) is 18.0. The summed E-state index contributed by atoms with van der Waals surface area (Å²) in [4.78, 5) is 21.1. The fourth-order valence-electron chi connectivity index (χ4n) is 3.17. The van der Waals surface area contributed by atoms with E-state index in [2.05, 4.69) is 25.7 Å². The average molecular weight is 447 g/mol. The first-order valence-corrected chi connectivity index (χ1v) is 10.3. The average Bonchev–Trinajstić information content (AvgIpc) is 3.25. The summed E-state index contributed by atoms with van der Waals surface area (Å²) in [5.41, 5.74) is 1.84. The van der Waals surface area contributed by atoms with Crippen LogP contribution in [-0.4, -0.2) is 56.6 Å². The maximum atomic E-state index is 12.3. The van der Waals surface area contributed by atoms with Crippen molar-refractivity contribution in [3.8, 4) is 11.3 Å². The second-order valence-electron chi connectivity index (χ2n) is 7.68. The van der Waals surface area contributed by atoms with Crippen molar-refractivity contribution in [1.82, 2.24) is 25.1 Å². The van der Waals surface area contributed by atoms with Crippen LogP contribution in [0, 0.1) is 0 Å². The first kappa shape index (κ1) is 22.9. The molecule has 0 fully saturated rings. The van der Waals surface area contributed by atoms with E-state index in [0.717, 1.165) is 5.56 Å². The Hall–Kier alpha value is -2.75. The van der Waals surface area contributed by atoms with Crippen molar-refractivity contribution >= 4 is 23.5 Å². The summed E-state index contributed by atoms with van der Waals surface area (Å²) in [6.07, 6.45) is 8.99. The molecule has 166 valence electrons. The summed E-state index contributed by atoms with van der Waals surface area (Å²) >= 11 is 6.34. The molecule has 0 aliphatic heterocycles. The Labute approximate surface area is 186 Å². The Morgan fingerprint density at radius 3 is 2.81 bits per heavy atom. The molecule has 1 unspecified atom stereocenters. The number of ether oxygens (including phenoxy) is 1. The number of aromatic nitrogens is 4. The largest absolute Gasteiger partial charge is 0.395 e. The third-order valence-corrected chi connectivity index (χ3v) is 5.36. The molecule has 0 radical (unpaired) electrons. The quantitative estimate of drug-likeness (QED) is 0.571. The number of nitrogens with zero attached hydrogens (tertiary/aromatic N) is 4. The summed E-state index contributed by atoms with van der Waals surface area (Å²) in [6.45, 7) is 6.04. The van der Waals surface area contributed by atoms with E-state index in [-0.39, 0.29) is 25.1 Å². The van der Waals surface area contributed by atoms with E-state index < -0.39 is 5.60 Å². The Bertz CT molecular complexity index is 1020. The normalized spacial score (nSPS) is 18.5. The van der Waals surface area contributed by atoms with Crippen LogP contribution in [0.3, 0.4) is 0 Å². The fraction of sp³-hybridized carbons (Fsp3) is 0.429. The molecule has 1 amide bonds. The Morgan fingerprint density at radius 1 is 1.39 bits per heavy atom. The van der Waals surface area contributed by atoms with Crippen LogP contribution in [0.25, 0.3) is 11.3 Å². The van der Waals surface area contributed by atoms with Gasteiger partial charge in [-0.05, 0) is 26.8 Å². The highest BCUT2D eigenvalue weighted by molar-refractivity contribution is 6.32. The van der Waals surface area contributed by atoms with Crippen LogP contribution in [0.15, 0.2) is 42.0 Å². The molecule has 9 nitrogen and oxygen atoms in total. The third-order valence-electron chi connectivity index (χ3n) is 5.08. The van der Waals surface area contributed by atoms with Crippen LogP contribution < -0.4 is 10.6 Å². The molecular formula is C21H27ClN6O3. The SMILES string of the molecule is COC1(C)CC(C(=O)NCCO)=CC=C1Nc1ncc(Cl)c(-c2cnn(C(C)C)c2)n1. The topological polar surface area (TPSA) is 114 Å². The Kier molecular flexibility index (Phi) is 7.09. The van der Waals surface area contributed by atoms with Gasteiger partial charge >= 0.3 is 0 Å². The highest BCUT2D eigenvalue weighted by Crippen LogP contribution is 2.33. The molecule has 3 N–H and O–H groups in total. The molecule has 2 heterocycles.